The van der Waals surface area contributed by atoms with Crippen LogP contribution in [0.1, 0.15) is 54.8 Å². The normalized spacial score (nSPS) is 21.4. The minimum absolute atomic E-state index is 0.0627. The molecule has 0 amide bonds. The Bertz CT molecular complexity index is 3520. The van der Waals surface area contributed by atoms with E-state index in [1.807, 2.05) is 6.07 Å². The molecule has 5 atom stereocenters. The number of hydrogen-bond acceptors (Lipinski definition) is 3. The number of hydrogen-bond donors (Lipinski definition) is 0. The second-order valence-electron chi connectivity index (χ2n) is 18.4. The van der Waals surface area contributed by atoms with Gasteiger partial charge in [-0.25, -0.2) is 0 Å². The number of aromatic nitrogens is 1. The fraction of sp³-hybridized carbons (Fsp3) is 0.145. The molecule has 66 heavy (non-hydrogen) atoms. The Labute approximate surface area is 385 Å². The minimum atomic E-state index is -0.0914. The lowest BCUT2D eigenvalue weighted by Crippen LogP contribution is -2.35. The molecule has 318 valence electrons. The molecule has 9 aromatic rings. The van der Waals surface area contributed by atoms with Crippen molar-refractivity contribution in [2.45, 2.75) is 50.2 Å². The molecule has 0 N–H and O–H groups in total. The number of rotatable bonds is 7. The number of furan rings is 1. The summed E-state index contributed by atoms with van der Waals surface area (Å²) in [6, 6.07) is 61.9. The highest BCUT2D eigenvalue weighted by Crippen LogP contribution is 2.49. The molecule has 4 heteroatoms. The number of allylic oxidation sites excluding steroid dienone is 6. The molecule has 4 aliphatic rings. The molecule has 4 nitrogen and oxygen atoms in total. The van der Waals surface area contributed by atoms with Crippen molar-refractivity contribution in [1.29, 1.82) is 0 Å². The molecule has 2 aliphatic heterocycles. The van der Waals surface area contributed by atoms with Gasteiger partial charge in [-0.3, -0.25) is 4.99 Å². The maximum absolute atomic E-state index is 6.57. The molecule has 2 aromatic heterocycles. The molecule has 4 heterocycles. The predicted octanol–water partition coefficient (Wildman–Crippen LogP) is 15.6. The smallest absolute Gasteiger partial charge is 0.143 e. The van der Waals surface area contributed by atoms with Crippen LogP contribution in [0.2, 0.25) is 0 Å². The van der Waals surface area contributed by atoms with Gasteiger partial charge >= 0.3 is 0 Å². The van der Waals surface area contributed by atoms with Crippen LogP contribution < -0.4 is 4.90 Å². The lowest BCUT2D eigenvalue weighted by atomic mass is 9.82. The van der Waals surface area contributed by atoms with Gasteiger partial charge in [-0.15, -0.1) is 0 Å². The average molecular weight is 852 g/mol. The van der Waals surface area contributed by atoms with Crippen LogP contribution in [0.15, 0.2) is 233 Å². The zero-order valence-corrected chi connectivity index (χ0v) is 37.0. The van der Waals surface area contributed by atoms with Crippen LogP contribution in [0.3, 0.4) is 0 Å². The molecule has 0 saturated heterocycles. The summed E-state index contributed by atoms with van der Waals surface area (Å²) in [5.41, 5.74) is 16.6. The number of aliphatic imine (C=N–C) groups is 1. The first-order chi connectivity index (χ1) is 32.7. The number of fused-ring (bicyclic) bond motifs is 9. The Balaban J connectivity index is 1.01. The third kappa shape index (κ3) is 6.30. The van der Waals surface area contributed by atoms with Gasteiger partial charge in [-0.2, -0.15) is 0 Å². The van der Waals surface area contributed by atoms with E-state index in [0.717, 1.165) is 63.6 Å². The van der Waals surface area contributed by atoms with Crippen molar-refractivity contribution in [1.82, 2.24) is 4.57 Å². The summed E-state index contributed by atoms with van der Waals surface area (Å²) in [6.07, 6.45) is 19.5. The first kappa shape index (κ1) is 38.7. The van der Waals surface area contributed by atoms with Gasteiger partial charge in [0.15, 0.2) is 0 Å². The number of para-hydroxylation sites is 5. The van der Waals surface area contributed by atoms with E-state index in [2.05, 4.69) is 223 Å². The van der Waals surface area contributed by atoms with E-state index in [-0.39, 0.29) is 24.0 Å². The molecule has 0 fully saturated rings. The van der Waals surface area contributed by atoms with Crippen molar-refractivity contribution in [3.05, 3.63) is 240 Å². The Morgan fingerprint density at radius 2 is 1.29 bits per heavy atom. The quantitative estimate of drug-likeness (QED) is 0.160. The van der Waals surface area contributed by atoms with E-state index in [4.69, 9.17) is 9.41 Å². The minimum Gasteiger partial charge on any atom is -0.455 e. The molecule has 0 spiro atoms. The molecule has 0 bridgehead atoms. The summed E-state index contributed by atoms with van der Waals surface area (Å²) in [6.45, 7) is 2.36. The van der Waals surface area contributed by atoms with E-state index in [0.29, 0.717) is 5.92 Å². The summed E-state index contributed by atoms with van der Waals surface area (Å²) in [4.78, 5) is 8.67. The van der Waals surface area contributed by atoms with Crippen LogP contribution in [0.25, 0.3) is 60.4 Å². The third-order valence-corrected chi connectivity index (χ3v) is 14.8. The maximum atomic E-state index is 6.57. The van der Waals surface area contributed by atoms with Gasteiger partial charge in [-0.1, -0.05) is 183 Å². The van der Waals surface area contributed by atoms with E-state index >= 15 is 0 Å². The summed E-state index contributed by atoms with van der Waals surface area (Å²) >= 11 is 0. The summed E-state index contributed by atoms with van der Waals surface area (Å²) in [7, 11) is 0. The number of nitrogens with zero attached hydrogens (tertiary/aromatic N) is 3. The van der Waals surface area contributed by atoms with Crippen molar-refractivity contribution in [3.63, 3.8) is 0 Å². The fourth-order valence-corrected chi connectivity index (χ4v) is 11.7. The predicted molar refractivity (Wildman–Crippen MR) is 275 cm³/mol. The molecule has 2 aliphatic carbocycles. The Hall–Kier alpha value is -7.69. The van der Waals surface area contributed by atoms with Crippen molar-refractivity contribution >= 4 is 60.7 Å². The van der Waals surface area contributed by atoms with Gasteiger partial charge in [0, 0.05) is 67.4 Å². The van der Waals surface area contributed by atoms with E-state index in [1.54, 1.807) is 0 Å². The zero-order valence-electron chi connectivity index (χ0n) is 37.0. The standard InChI is InChI=1S/C62H49N3O/c1-2-40-34-44(41-18-4-3-5-19-41)38-55(43-21-16-20-42(35-43)48-27-17-28-54-53-26-10-15-33-60(53)66-62(48)54)63-61(40)45-36-46(64-56-29-11-6-22-49(56)50-23-7-12-30-57(50)64)39-47(37-45)65-58-31-13-8-24-51(58)52-25-9-14-32-59(52)65/h3-33,35-38,40,46,51,58,61H,2,34,39H2,1H3. The van der Waals surface area contributed by atoms with Gasteiger partial charge in [0.25, 0.3) is 0 Å². The van der Waals surface area contributed by atoms with Crippen molar-refractivity contribution in [2.24, 2.45) is 10.9 Å². The molecule has 5 unspecified atom stereocenters. The summed E-state index contributed by atoms with van der Waals surface area (Å²) in [5.74, 6) is 0.563. The largest absolute Gasteiger partial charge is 0.455 e. The third-order valence-electron chi connectivity index (χ3n) is 14.8. The fourth-order valence-electron chi connectivity index (χ4n) is 11.7. The van der Waals surface area contributed by atoms with Crippen molar-refractivity contribution in [2.75, 3.05) is 4.90 Å². The summed E-state index contributed by atoms with van der Waals surface area (Å²) in [5, 5.41) is 4.86. The van der Waals surface area contributed by atoms with E-state index in [1.165, 1.54) is 55.5 Å². The Kier molecular flexibility index (Phi) is 9.26. The van der Waals surface area contributed by atoms with Crippen molar-refractivity contribution in [3.8, 4) is 11.1 Å². The molecular weight excluding hydrogens is 803 g/mol. The molecule has 13 rings (SSSR count). The molecule has 0 radical (unpaired) electrons. The highest BCUT2D eigenvalue weighted by Gasteiger charge is 2.40. The van der Waals surface area contributed by atoms with Crippen LogP contribution in [0.4, 0.5) is 5.69 Å². The van der Waals surface area contributed by atoms with Gasteiger partial charge in [0.1, 0.15) is 11.2 Å². The van der Waals surface area contributed by atoms with Crippen LogP contribution in [-0.2, 0) is 0 Å². The van der Waals surface area contributed by atoms with Gasteiger partial charge < -0.3 is 13.9 Å². The topological polar surface area (TPSA) is 33.7 Å². The van der Waals surface area contributed by atoms with Crippen LogP contribution in [0.5, 0.6) is 0 Å². The van der Waals surface area contributed by atoms with Gasteiger partial charge in [-0.05, 0) is 82.7 Å². The van der Waals surface area contributed by atoms with Crippen LogP contribution >= 0.6 is 0 Å². The first-order valence-corrected chi connectivity index (χ1v) is 23.7. The Morgan fingerprint density at radius 3 is 2.12 bits per heavy atom. The summed E-state index contributed by atoms with van der Waals surface area (Å²) < 4.78 is 9.19. The van der Waals surface area contributed by atoms with Gasteiger partial charge in [0.2, 0.25) is 0 Å². The second kappa shape index (κ2) is 15.8. The second-order valence-corrected chi connectivity index (χ2v) is 18.4. The Morgan fingerprint density at radius 1 is 0.606 bits per heavy atom. The maximum Gasteiger partial charge on any atom is 0.143 e. The monoisotopic (exact) mass is 851 g/mol. The molecule has 0 saturated carbocycles. The average Bonchev–Trinajstić information content (AvgIpc) is 3.99. The first-order valence-electron chi connectivity index (χ1n) is 23.7. The van der Waals surface area contributed by atoms with Crippen LogP contribution in [0, 0.1) is 5.92 Å². The highest BCUT2D eigenvalue weighted by atomic mass is 16.3. The molecular formula is C62H49N3O. The van der Waals surface area contributed by atoms with Crippen LogP contribution in [-0.4, -0.2) is 22.4 Å². The van der Waals surface area contributed by atoms with Crippen molar-refractivity contribution < 1.29 is 4.42 Å². The lowest BCUT2D eigenvalue weighted by molar-refractivity contribution is 0.457. The van der Waals surface area contributed by atoms with Gasteiger partial charge in [0.05, 0.1) is 23.8 Å². The highest BCUT2D eigenvalue weighted by molar-refractivity contribution is 6.14. The van der Waals surface area contributed by atoms with E-state index < -0.39 is 0 Å². The lowest BCUT2D eigenvalue weighted by Gasteiger charge is -2.37. The SMILES string of the molecule is CCC1CC(c2ccccc2)=CC(c2cccc(-c3cccc4c3oc3ccccc34)c2)=NC1C1=CC(n2c3ccccc3c3ccccc32)CC(N2c3ccccc3C3C=CC=CC32)=C1. The number of anilines is 1. The number of benzene rings is 7. The zero-order chi connectivity index (χ0) is 43.7. The molecule has 7 aromatic carbocycles. The van der Waals surface area contributed by atoms with E-state index in [9.17, 15) is 0 Å².